The Bertz CT molecular complexity index is 176. The van der Waals surface area contributed by atoms with E-state index in [0.29, 0.717) is 0 Å². The molecule has 0 aliphatic heterocycles. The zero-order valence-electron chi connectivity index (χ0n) is 9.23. The molecule has 0 heteroatoms. The molecule has 1 unspecified atom stereocenters. The van der Waals surface area contributed by atoms with E-state index in [4.69, 9.17) is 0 Å². The second kappa shape index (κ2) is 5.47. The van der Waals surface area contributed by atoms with E-state index in [-0.39, 0.29) is 0 Å². The normalized spacial score (nSPS) is 31.2. The molecule has 75 valence electrons. The summed E-state index contributed by atoms with van der Waals surface area (Å²) in [4.78, 5) is 0. The first-order valence-electron chi connectivity index (χ1n) is 5.73. The van der Waals surface area contributed by atoms with Gasteiger partial charge in [0.1, 0.15) is 0 Å². The Kier molecular flexibility index (Phi) is 4.55. The average molecular weight is 179 g/mol. The molecule has 0 saturated heterocycles. The molecule has 0 aromatic rings. The quantitative estimate of drug-likeness (QED) is 0.547. The Morgan fingerprint density at radius 2 is 2.08 bits per heavy atom. The van der Waals surface area contributed by atoms with E-state index in [1.54, 1.807) is 11.1 Å². The average Bonchev–Trinajstić information content (AvgIpc) is 2.12. The van der Waals surface area contributed by atoms with Gasteiger partial charge in [-0.3, -0.25) is 0 Å². The summed E-state index contributed by atoms with van der Waals surface area (Å²) in [5.41, 5.74) is 3.38. The first kappa shape index (κ1) is 10.8. The molecule has 1 atom stereocenters. The molecule has 1 aliphatic carbocycles. The van der Waals surface area contributed by atoms with Gasteiger partial charge in [0.25, 0.3) is 0 Å². The van der Waals surface area contributed by atoms with Gasteiger partial charge in [-0.05, 0) is 44.9 Å². The highest BCUT2D eigenvalue weighted by molar-refractivity contribution is 5.15. The van der Waals surface area contributed by atoms with Crippen molar-refractivity contribution in [3.8, 4) is 0 Å². The Morgan fingerprint density at radius 1 is 1.31 bits per heavy atom. The van der Waals surface area contributed by atoms with Crippen LogP contribution in [0.3, 0.4) is 0 Å². The van der Waals surface area contributed by atoms with Crippen LogP contribution in [0.25, 0.3) is 0 Å². The van der Waals surface area contributed by atoms with Gasteiger partial charge >= 0.3 is 0 Å². The highest BCUT2D eigenvalue weighted by Gasteiger charge is 2.12. The fourth-order valence-corrected chi connectivity index (χ4v) is 2.26. The van der Waals surface area contributed by atoms with Crippen LogP contribution in [0.4, 0.5) is 0 Å². The minimum Gasteiger partial charge on any atom is -0.0713 e. The van der Waals surface area contributed by atoms with Crippen molar-refractivity contribution in [2.75, 3.05) is 0 Å². The van der Waals surface area contributed by atoms with E-state index in [1.165, 1.54) is 38.5 Å². The summed E-state index contributed by atoms with van der Waals surface area (Å²) < 4.78 is 0. The lowest BCUT2D eigenvalue weighted by atomic mass is 9.85. The van der Waals surface area contributed by atoms with Crippen LogP contribution in [-0.2, 0) is 0 Å². The van der Waals surface area contributed by atoms with Gasteiger partial charge in [0.2, 0.25) is 0 Å². The molecule has 0 aromatic carbocycles. The maximum atomic E-state index is 3.96. The van der Waals surface area contributed by atoms with E-state index in [0.717, 1.165) is 12.3 Å². The third kappa shape index (κ3) is 3.17. The monoisotopic (exact) mass is 179 g/mol. The minimum atomic E-state index is 0.821. The van der Waals surface area contributed by atoms with Crippen molar-refractivity contribution in [1.29, 1.82) is 0 Å². The predicted molar refractivity (Wildman–Crippen MR) is 59.5 cm³/mol. The lowest BCUT2D eigenvalue weighted by molar-refractivity contribution is 0.513. The van der Waals surface area contributed by atoms with Gasteiger partial charge in [0, 0.05) is 0 Å². The Hall–Kier alpha value is -0.260. The topological polar surface area (TPSA) is 0 Å². The first-order valence-corrected chi connectivity index (χ1v) is 5.73. The molecule has 13 heavy (non-hydrogen) atoms. The largest absolute Gasteiger partial charge is 0.0713 e. The van der Waals surface area contributed by atoms with Crippen LogP contribution < -0.4 is 0 Å². The van der Waals surface area contributed by atoms with Crippen molar-refractivity contribution >= 4 is 0 Å². The third-order valence-corrected chi connectivity index (χ3v) is 3.39. The summed E-state index contributed by atoms with van der Waals surface area (Å²) in [6, 6.07) is 0. The second-order valence-electron chi connectivity index (χ2n) is 4.39. The fourth-order valence-electron chi connectivity index (χ4n) is 2.26. The Balaban J connectivity index is 2.68. The van der Waals surface area contributed by atoms with Crippen molar-refractivity contribution in [3.63, 3.8) is 0 Å². The maximum absolute atomic E-state index is 3.96. The second-order valence-corrected chi connectivity index (χ2v) is 4.39. The summed E-state index contributed by atoms with van der Waals surface area (Å²) in [6.45, 7) is 8.67. The smallest absolute Gasteiger partial charge is 0.0232 e. The number of hydrogen-bond donors (Lipinski definition) is 0. The van der Waals surface area contributed by atoms with Crippen LogP contribution >= 0.6 is 0 Å². The van der Waals surface area contributed by atoms with Gasteiger partial charge in [-0.1, -0.05) is 37.8 Å². The first-order chi connectivity index (χ1) is 6.25. The minimum absolute atomic E-state index is 0.821. The predicted octanol–water partition coefficient (Wildman–Crippen LogP) is 4.52. The van der Waals surface area contributed by atoms with Crippen molar-refractivity contribution in [2.24, 2.45) is 5.92 Å². The summed E-state index contributed by atoms with van der Waals surface area (Å²) >= 11 is 0. The van der Waals surface area contributed by atoms with Crippen LogP contribution in [-0.4, -0.2) is 0 Å². The Labute approximate surface area is 83.4 Å². The van der Waals surface area contributed by atoms with Crippen LogP contribution in [0.1, 0.15) is 58.8 Å². The highest BCUT2D eigenvalue weighted by atomic mass is 14.2. The third-order valence-electron chi connectivity index (χ3n) is 3.39. The van der Waals surface area contributed by atoms with Crippen LogP contribution in [0.15, 0.2) is 11.1 Å². The van der Waals surface area contributed by atoms with Crippen LogP contribution in [0.5, 0.6) is 0 Å². The number of rotatable bonds is 2. The molecule has 0 fully saturated rings. The van der Waals surface area contributed by atoms with Crippen molar-refractivity contribution in [2.45, 2.75) is 58.8 Å². The van der Waals surface area contributed by atoms with E-state index in [2.05, 4.69) is 20.8 Å². The summed E-state index contributed by atoms with van der Waals surface area (Å²) in [5, 5.41) is 0. The zero-order chi connectivity index (χ0) is 9.68. The molecular formula is C13H23. The van der Waals surface area contributed by atoms with Gasteiger partial charge < -0.3 is 0 Å². The van der Waals surface area contributed by atoms with Crippen molar-refractivity contribution in [1.82, 2.24) is 0 Å². The SMILES string of the molecule is [CH2]CC/C1=C(/C)C(C)CCCCC1. The lowest BCUT2D eigenvalue weighted by Gasteiger charge is -2.21. The van der Waals surface area contributed by atoms with Crippen LogP contribution in [0, 0.1) is 12.8 Å². The molecule has 0 spiro atoms. The van der Waals surface area contributed by atoms with Gasteiger partial charge in [0.05, 0.1) is 0 Å². The van der Waals surface area contributed by atoms with E-state index in [9.17, 15) is 0 Å². The molecule has 0 amide bonds. The highest BCUT2D eigenvalue weighted by Crippen LogP contribution is 2.29. The molecule has 0 bridgehead atoms. The van der Waals surface area contributed by atoms with Crippen LogP contribution in [0.2, 0.25) is 0 Å². The molecule has 1 aliphatic rings. The van der Waals surface area contributed by atoms with Gasteiger partial charge in [-0.15, -0.1) is 0 Å². The lowest BCUT2D eigenvalue weighted by Crippen LogP contribution is -2.04. The van der Waals surface area contributed by atoms with E-state index in [1.807, 2.05) is 0 Å². The summed E-state index contributed by atoms with van der Waals surface area (Å²) in [5.74, 6) is 0.821. The maximum Gasteiger partial charge on any atom is -0.0232 e. The molecule has 0 saturated carbocycles. The van der Waals surface area contributed by atoms with Crippen molar-refractivity contribution < 1.29 is 0 Å². The number of hydrogen-bond acceptors (Lipinski definition) is 0. The van der Waals surface area contributed by atoms with E-state index >= 15 is 0 Å². The molecule has 0 N–H and O–H groups in total. The summed E-state index contributed by atoms with van der Waals surface area (Å²) in [7, 11) is 0. The molecule has 0 aromatic heterocycles. The van der Waals surface area contributed by atoms with Gasteiger partial charge in [-0.2, -0.15) is 0 Å². The molecule has 1 radical (unpaired) electrons. The molecule has 1 rings (SSSR count). The van der Waals surface area contributed by atoms with Crippen molar-refractivity contribution in [3.05, 3.63) is 18.1 Å². The van der Waals surface area contributed by atoms with Gasteiger partial charge in [-0.25, -0.2) is 0 Å². The van der Waals surface area contributed by atoms with Gasteiger partial charge in [0.15, 0.2) is 0 Å². The summed E-state index contributed by atoms with van der Waals surface area (Å²) in [6.07, 6.45) is 9.29. The molecule has 0 nitrogen and oxygen atoms in total. The molecular weight excluding hydrogens is 156 g/mol. The number of allylic oxidation sites excluding steroid dienone is 2. The molecule has 0 heterocycles. The fraction of sp³-hybridized carbons (Fsp3) is 0.769. The Morgan fingerprint density at radius 3 is 2.77 bits per heavy atom. The zero-order valence-corrected chi connectivity index (χ0v) is 9.23. The van der Waals surface area contributed by atoms with E-state index < -0.39 is 0 Å². The standard InChI is InChI=1S/C13H23/c1-4-8-13-10-7-5-6-9-11(2)12(13)3/h11H,1,4-10H2,2-3H3/b13-12+.